The van der Waals surface area contributed by atoms with Crippen molar-refractivity contribution in [3.63, 3.8) is 0 Å². The van der Waals surface area contributed by atoms with Gasteiger partial charge in [-0.25, -0.2) is 8.42 Å². The van der Waals surface area contributed by atoms with Gasteiger partial charge in [0.15, 0.2) is 0 Å². The molecule has 0 aliphatic rings. The Kier molecular flexibility index (Phi) is 13.4. The van der Waals surface area contributed by atoms with Crippen molar-refractivity contribution in [1.82, 2.24) is 0 Å². The summed E-state index contributed by atoms with van der Waals surface area (Å²) in [7, 11) is -3.12. The maximum absolute atomic E-state index is 8.59. The molecule has 0 fully saturated rings. The van der Waals surface area contributed by atoms with Crippen LogP contribution in [0.4, 0.5) is 0 Å². The van der Waals surface area contributed by atoms with Gasteiger partial charge in [0.25, 0.3) is 11.0 Å². The molecule has 0 atom stereocenters. The van der Waals surface area contributed by atoms with Gasteiger partial charge in [-0.3, -0.25) is 4.55 Å². The molecule has 0 heterocycles. The summed E-state index contributed by atoms with van der Waals surface area (Å²) in [6.45, 7) is 1.19. The average molecular weight is 142 g/mol. The Morgan fingerprint density at radius 3 is 1.38 bits per heavy atom. The lowest BCUT2D eigenvalue weighted by molar-refractivity contribution is 0.509. The highest BCUT2D eigenvalue weighted by atomic mass is 32.2. The third kappa shape index (κ3) is 197. The fraction of sp³-hybridized carbons (Fsp3) is 1.00. The molecule has 5 N–H and O–H groups in total. The fourth-order valence-electron chi connectivity index (χ4n) is 0. The Morgan fingerprint density at radius 2 is 1.38 bits per heavy atom. The molecule has 0 radical (unpaired) electrons. The molecule has 0 spiro atoms. The van der Waals surface area contributed by atoms with Crippen molar-refractivity contribution in [2.75, 3.05) is 13.1 Å². The van der Waals surface area contributed by atoms with Crippen molar-refractivity contribution < 1.29 is 13.0 Å². The summed E-state index contributed by atoms with van der Waals surface area (Å²) >= 11 is 0. The van der Waals surface area contributed by atoms with Gasteiger partial charge in [0.2, 0.25) is 0 Å². The van der Waals surface area contributed by atoms with E-state index in [4.69, 9.17) is 24.4 Å². The lowest BCUT2D eigenvalue weighted by Gasteiger charge is -1.72. The quantitative estimate of drug-likeness (QED) is 0.249. The largest absolute Gasteiger partial charge is 0.329 e. The van der Waals surface area contributed by atoms with Crippen LogP contribution in [0.5, 0.6) is 0 Å². The summed E-state index contributed by atoms with van der Waals surface area (Å²) in [5.74, 6) is 0. The second-order valence-electron chi connectivity index (χ2n) is 0.815. The Hall–Kier alpha value is -0.170. The molecule has 0 aromatic heterocycles. The molecule has 0 unspecified atom stereocenters. The molecule has 6 heteroatoms. The first kappa shape index (κ1) is 10.7. The van der Waals surface area contributed by atoms with Crippen molar-refractivity contribution in [3.8, 4) is 0 Å². The summed E-state index contributed by atoms with van der Waals surface area (Å²) in [4.78, 5) is 0. The van der Waals surface area contributed by atoms with Gasteiger partial charge >= 0.3 is 0 Å². The molecule has 0 rings (SSSR count). The Bertz CT molecular complexity index is 81.3. The van der Waals surface area contributed by atoms with Gasteiger partial charge in [-0.05, 0) is 0 Å². The molecule has 0 aromatic carbocycles. The number of thiol groups is 1. The molecule has 0 amide bonds. The van der Waals surface area contributed by atoms with Crippen LogP contribution < -0.4 is 11.5 Å². The van der Waals surface area contributed by atoms with Crippen LogP contribution in [-0.2, 0) is 11.0 Å². The maximum atomic E-state index is 8.59. The standard InChI is InChI=1S/C2H8N2.H2O3S/c3-1-2-4;1-4(2)3/h1-4H2;4H,(H,1,2,3). The average Bonchev–Trinajstić information content (AvgIpc) is 1.65. The highest BCUT2D eigenvalue weighted by molar-refractivity contribution is 7.66. The molecular weight excluding hydrogens is 132 g/mol. The summed E-state index contributed by atoms with van der Waals surface area (Å²) in [6, 6.07) is 0. The van der Waals surface area contributed by atoms with Crippen molar-refractivity contribution >= 4 is 11.0 Å². The predicted molar refractivity (Wildman–Crippen MR) is 31.1 cm³/mol. The predicted octanol–water partition coefficient (Wildman–Crippen LogP) is -2.03. The number of nitrogens with two attached hydrogens (primary N) is 2. The molecule has 0 aliphatic carbocycles. The fourth-order valence-corrected chi connectivity index (χ4v) is 0. The van der Waals surface area contributed by atoms with Gasteiger partial charge in [-0.2, -0.15) is 0 Å². The van der Waals surface area contributed by atoms with E-state index in [9.17, 15) is 0 Å². The van der Waals surface area contributed by atoms with Gasteiger partial charge in [0, 0.05) is 13.1 Å². The van der Waals surface area contributed by atoms with Crippen molar-refractivity contribution in [3.05, 3.63) is 0 Å². The highest BCUT2D eigenvalue weighted by Crippen LogP contribution is 1.27. The van der Waals surface area contributed by atoms with Gasteiger partial charge in [0.1, 0.15) is 0 Å². The topological polar surface area (TPSA) is 106 Å². The van der Waals surface area contributed by atoms with E-state index < -0.39 is 11.0 Å². The lowest BCUT2D eigenvalue weighted by atomic mass is 10.7. The van der Waals surface area contributed by atoms with Gasteiger partial charge < -0.3 is 11.5 Å². The smallest absolute Gasteiger partial charge is 0.254 e. The third-order valence-electron chi connectivity index (χ3n) is 0.167. The second kappa shape index (κ2) is 9.95. The van der Waals surface area contributed by atoms with Gasteiger partial charge in [-0.1, -0.05) is 0 Å². The van der Waals surface area contributed by atoms with E-state index in [0.29, 0.717) is 13.1 Å². The first-order valence-corrected chi connectivity index (χ1v) is 3.01. The Morgan fingerprint density at radius 1 is 1.25 bits per heavy atom. The normalized spacial score (nSPS) is 8.00. The van der Waals surface area contributed by atoms with Crippen LogP contribution in [0.3, 0.4) is 0 Å². The van der Waals surface area contributed by atoms with E-state index in [1.54, 1.807) is 0 Å². The van der Waals surface area contributed by atoms with Crippen molar-refractivity contribution in [2.24, 2.45) is 11.5 Å². The minimum absolute atomic E-state index is 0.597. The highest BCUT2D eigenvalue weighted by Gasteiger charge is 1.54. The van der Waals surface area contributed by atoms with E-state index in [2.05, 4.69) is 0 Å². The molecule has 0 aromatic rings. The summed E-state index contributed by atoms with van der Waals surface area (Å²) in [5, 5.41) is 0. The first-order chi connectivity index (χ1) is 3.65. The van der Waals surface area contributed by atoms with Gasteiger partial charge in [0.05, 0.1) is 0 Å². The zero-order chi connectivity index (χ0) is 6.99. The minimum atomic E-state index is -3.12. The first-order valence-electron chi connectivity index (χ1n) is 1.88. The summed E-state index contributed by atoms with van der Waals surface area (Å²) in [5.41, 5.74) is 9.81. The maximum Gasteiger partial charge on any atom is 0.254 e. The Balaban J connectivity index is 0. The molecule has 0 bridgehead atoms. The SMILES string of the molecule is NCCN.O=[SH](=O)O. The molecule has 5 nitrogen and oxygen atoms in total. The molecule has 0 saturated carbocycles. The van der Waals surface area contributed by atoms with E-state index >= 15 is 0 Å². The zero-order valence-electron chi connectivity index (χ0n) is 4.28. The monoisotopic (exact) mass is 142 g/mol. The molecule has 8 heavy (non-hydrogen) atoms. The minimum Gasteiger partial charge on any atom is -0.329 e. The summed E-state index contributed by atoms with van der Waals surface area (Å²) in [6.07, 6.45) is 0. The van der Waals surface area contributed by atoms with E-state index in [-0.39, 0.29) is 0 Å². The number of hydrogen-bond acceptors (Lipinski definition) is 4. The van der Waals surface area contributed by atoms with E-state index in [1.807, 2.05) is 0 Å². The summed E-state index contributed by atoms with van der Waals surface area (Å²) < 4.78 is 24.2. The third-order valence-corrected chi connectivity index (χ3v) is 0.167. The zero-order valence-corrected chi connectivity index (χ0v) is 5.17. The van der Waals surface area contributed by atoms with Crippen LogP contribution in [0, 0.1) is 0 Å². The lowest BCUT2D eigenvalue weighted by Crippen LogP contribution is -2.11. The Labute approximate surface area is 49.5 Å². The van der Waals surface area contributed by atoms with Crippen molar-refractivity contribution in [2.45, 2.75) is 0 Å². The number of hydrogen-bond donors (Lipinski definition) is 4. The van der Waals surface area contributed by atoms with E-state index in [0.717, 1.165) is 0 Å². The molecule has 52 valence electrons. The van der Waals surface area contributed by atoms with E-state index in [1.165, 1.54) is 0 Å². The van der Waals surface area contributed by atoms with Crippen LogP contribution in [0.25, 0.3) is 0 Å². The van der Waals surface area contributed by atoms with Crippen molar-refractivity contribution in [1.29, 1.82) is 0 Å². The second-order valence-corrected chi connectivity index (χ2v) is 1.29. The molecule has 0 aliphatic heterocycles. The van der Waals surface area contributed by atoms with Crippen LogP contribution in [0.15, 0.2) is 0 Å². The van der Waals surface area contributed by atoms with Crippen LogP contribution in [0.1, 0.15) is 0 Å². The molecule has 0 saturated heterocycles. The molecular formula is C2H10N2O3S. The van der Waals surface area contributed by atoms with Crippen LogP contribution in [-0.4, -0.2) is 26.1 Å². The van der Waals surface area contributed by atoms with Gasteiger partial charge in [-0.15, -0.1) is 0 Å². The number of rotatable bonds is 1. The van der Waals surface area contributed by atoms with Crippen LogP contribution in [0.2, 0.25) is 0 Å². The van der Waals surface area contributed by atoms with Crippen LogP contribution >= 0.6 is 0 Å².